The first-order valence-corrected chi connectivity index (χ1v) is 11.9. The Morgan fingerprint density at radius 3 is 2.70 bits per heavy atom. The quantitative estimate of drug-likeness (QED) is 0.313. The number of hydrogen-bond acceptors (Lipinski definition) is 6. The van der Waals surface area contributed by atoms with Gasteiger partial charge in [0.1, 0.15) is 23.9 Å². The summed E-state index contributed by atoms with van der Waals surface area (Å²) in [6.45, 7) is 1.20. The molecule has 0 atom stereocenters. The van der Waals surface area contributed by atoms with E-state index in [2.05, 4.69) is 25.1 Å². The van der Waals surface area contributed by atoms with E-state index in [-0.39, 0.29) is 5.82 Å². The van der Waals surface area contributed by atoms with Gasteiger partial charge in [0.15, 0.2) is 5.82 Å². The number of hydrogen-bond donors (Lipinski definition) is 2. The highest BCUT2D eigenvalue weighted by Gasteiger charge is 2.17. The number of fused-ring (bicyclic) bond motifs is 2. The van der Waals surface area contributed by atoms with E-state index in [1.165, 1.54) is 12.1 Å². The minimum Gasteiger partial charge on any atom is -0.492 e. The Balaban J connectivity index is 1.41. The van der Waals surface area contributed by atoms with E-state index in [1.807, 2.05) is 67.5 Å². The lowest BCUT2D eigenvalue weighted by Crippen LogP contribution is -2.19. The van der Waals surface area contributed by atoms with E-state index in [0.717, 1.165) is 45.4 Å². The zero-order chi connectivity index (χ0) is 25.4. The van der Waals surface area contributed by atoms with Gasteiger partial charge in [-0.3, -0.25) is 15.1 Å². The first-order valence-electron chi connectivity index (χ1n) is 11.9. The van der Waals surface area contributed by atoms with Crippen LogP contribution in [0.2, 0.25) is 0 Å². The molecule has 4 aromatic heterocycles. The van der Waals surface area contributed by atoms with Gasteiger partial charge in [-0.05, 0) is 56.1 Å². The van der Waals surface area contributed by atoms with Crippen molar-refractivity contribution in [3.63, 3.8) is 0 Å². The molecule has 0 unspecified atom stereocenters. The lowest BCUT2D eigenvalue weighted by molar-refractivity contribution is 0.260. The third-order valence-corrected chi connectivity index (χ3v) is 6.10. The number of ether oxygens (including phenoxy) is 1. The van der Waals surface area contributed by atoms with Crippen molar-refractivity contribution >= 4 is 21.9 Å². The van der Waals surface area contributed by atoms with Crippen molar-refractivity contribution in [3.8, 4) is 39.8 Å². The van der Waals surface area contributed by atoms with Gasteiger partial charge in [0.05, 0.1) is 34.1 Å². The Morgan fingerprint density at radius 1 is 0.946 bits per heavy atom. The molecular formula is C28H24FN7O. The number of halogens is 1. The van der Waals surface area contributed by atoms with Crippen LogP contribution >= 0.6 is 0 Å². The van der Waals surface area contributed by atoms with E-state index in [1.54, 1.807) is 12.4 Å². The molecule has 0 saturated heterocycles. The molecule has 4 heterocycles. The van der Waals surface area contributed by atoms with Crippen molar-refractivity contribution in [1.29, 1.82) is 0 Å². The normalized spacial score (nSPS) is 11.6. The van der Waals surface area contributed by atoms with Crippen LogP contribution in [0.15, 0.2) is 73.1 Å². The van der Waals surface area contributed by atoms with E-state index in [4.69, 9.17) is 9.72 Å². The molecule has 0 aliphatic heterocycles. The predicted octanol–water partition coefficient (Wildman–Crippen LogP) is 5.31. The van der Waals surface area contributed by atoms with Gasteiger partial charge in [-0.15, -0.1) is 0 Å². The van der Waals surface area contributed by atoms with Crippen molar-refractivity contribution in [2.75, 3.05) is 27.2 Å². The molecule has 6 aromatic rings. The highest BCUT2D eigenvalue weighted by Crippen LogP contribution is 2.34. The van der Waals surface area contributed by atoms with Crippen LogP contribution in [0.1, 0.15) is 0 Å². The molecule has 0 aliphatic carbocycles. The van der Waals surface area contributed by atoms with Gasteiger partial charge in [-0.1, -0.05) is 18.2 Å². The molecule has 6 rings (SSSR count). The number of aromatic nitrogens is 6. The van der Waals surface area contributed by atoms with Crippen LogP contribution in [0, 0.1) is 5.82 Å². The number of para-hydroxylation sites is 1. The Kier molecular flexibility index (Phi) is 5.82. The highest BCUT2D eigenvalue weighted by atomic mass is 19.1. The van der Waals surface area contributed by atoms with Crippen molar-refractivity contribution in [1.82, 2.24) is 35.0 Å². The van der Waals surface area contributed by atoms with Gasteiger partial charge in [-0.2, -0.15) is 5.10 Å². The molecule has 0 fully saturated rings. The first-order chi connectivity index (χ1) is 18.0. The van der Waals surface area contributed by atoms with Crippen molar-refractivity contribution in [2.45, 2.75) is 0 Å². The fraction of sp³-hybridized carbons (Fsp3) is 0.143. The van der Waals surface area contributed by atoms with Crippen molar-refractivity contribution in [3.05, 3.63) is 78.9 Å². The topological polar surface area (TPSA) is 95.6 Å². The fourth-order valence-corrected chi connectivity index (χ4v) is 4.28. The van der Waals surface area contributed by atoms with Gasteiger partial charge in [0.2, 0.25) is 0 Å². The molecule has 8 nitrogen and oxygen atoms in total. The van der Waals surface area contributed by atoms with E-state index < -0.39 is 0 Å². The second kappa shape index (κ2) is 9.44. The number of likely N-dealkylation sites (N-methyl/N-ethyl adjacent to an activating group) is 1. The minimum absolute atomic E-state index is 0.363. The Labute approximate surface area is 212 Å². The zero-order valence-electron chi connectivity index (χ0n) is 20.4. The number of benzene rings is 2. The van der Waals surface area contributed by atoms with Crippen LogP contribution in [0.5, 0.6) is 5.75 Å². The summed E-state index contributed by atoms with van der Waals surface area (Å²) in [5.41, 5.74) is 6.01. The summed E-state index contributed by atoms with van der Waals surface area (Å²) >= 11 is 0. The Morgan fingerprint density at radius 2 is 1.86 bits per heavy atom. The van der Waals surface area contributed by atoms with Crippen LogP contribution in [0.4, 0.5) is 4.39 Å². The third-order valence-electron chi connectivity index (χ3n) is 6.10. The number of nitrogens with zero attached hydrogens (tertiary/aromatic N) is 5. The van der Waals surface area contributed by atoms with Gasteiger partial charge < -0.3 is 14.6 Å². The third kappa shape index (κ3) is 4.52. The van der Waals surface area contributed by atoms with Crippen molar-refractivity contribution < 1.29 is 9.13 Å². The molecule has 9 heteroatoms. The van der Waals surface area contributed by atoms with Crippen LogP contribution in [0.25, 0.3) is 56.0 Å². The molecule has 0 radical (unpaired) electrons. The Bertz CT molecular complexity index is 1710. The summed E-state index contributed by atoms with van der Waals surface area (Å²) in [6.07, 6.45) is 3.48. The van der Waals surface area contributed by atoms with Gasteiger partial charge in [0.25, 0.3) is 0 Å². The van der Waals surface area contributed by atoms with E-state index in [9.17, 15) is 4.39 Å². The lowest BCUT2D eigenvalue weighted by Gasteiger charge is -2.12. The highest BCUT2D eigenvalue weighted by molar-refractivity contribution is 5.97. The number of imidazole rings is 1. The van der Waals surface area contributed by atoms with Crippen LogP contribution in [-0.4, -0.2) is 62.3 Å². The zero-order valence-corrected chi connectivity index (χ0v) is 20.4. The summed E-state index contributed by atoms with van der Waals surface area (Å²) in [7, 11) is 3.93. The second-order valence-corrected chi connectivity index (χ2v) is 9.02. The number of pyridine rings is 2. The molecule has 0 bridgehead atoms. The Hall–Kier alpha value is -4.63. The van der Waals surface area contributed by atoms with Gasteiger partial charge in [0, 0.05) is 29.8 Å². The maximum absolute atomic E-state index is 14.5. The van der Waals surface area contributed by atoms with E-state index >= 15 is 0 Å². The lowest BCUT2D eigenvalue weighted by atomic mass is 10.0. The molecule has 184 valence electrons. The SMILES string of the molecule is CN(C)CCOc1cc(F)cc(-c2cccc3[nH]c(-c4n[nH]c5cnc(-c6ccccn6)cc45)nc23)c1. The summed E-state index contributed by atoms with van der Waals surface area (Å²) in [4.78, 5) is 19.2. The maximum atomic E-state index is 14.5. The molecule has 2 aromatic carbocycles. The van der Waals surface area contributed by atoms with Gasteiger partial charge in [-0.25, -0.2) is 9.37 Å². The standard InChI is InChI=1S/C28H24FN7O/c1-36(2)10-11-37-19-13-17(12-18(29)14-19)20-6-5-8-23-26(20)33-28(32-23)27-21-15-24(22-7-3-4-9-30-22)31-16-25(21)34-35-27/h3-9,12-16H,10-11H2,1-2H3,(H,32,33)(H,34,35). The average molecular weight is 494 g/mol. The molecule has 0 spiro atoms. The second-order valence-electron chi connectivity index (χ2n) is 9.02. The molecule has 0 saturated carbocycles. The summed E-state index contributed by atoms with van der Waals surface area (Å²) in [5, 5.41) is 8.42. The fourth-order valence-electron chi connectivity index (χ4n) is 4.28. The molecule has 37 heavy (non-hydrogen) atoms. The average Bonchev–Trinajstić information content (AvgIpc) is 3.52. The predicted molar refractivity (Wildman–Crippen MR) is 142 cm³/mol. The molecule has 0 aliphatic rings. The number of aromatic amines is 2. The summed E-state index contributed by atoms with van der Waals surface area (Å²) < 4.78 is 20.3. The molecule has 2 N–H and O–H groups in total. The number of H-pyrrole nitrogens is 2. The van der Waals surface area contributed by atoms with Gasteiger partial charge >= 0.3 is 0 Å². The molecular weight excluding hydrogens is 469 g/mol. The monoisotopic (exact) mass is 493 g/mol. The smallest absolute Gasteiger partial charge is 0.159 e. The molecule has 0 amide bonds. The number of nitrogens with one attached hydrogen (secondary N) is 2. The number of rotatable bonds is 7. The summed E-state index contributed by atoms with van der Waals surface area (Å²) in [6, 6.07) is 18.2. The van der Waals surface area contributed by atoms with E-state index in [0.29, 0.717) is 29.4 Å². The maximum Gasteiger partial charge on any atom is 0.159 e. The first kappa shape index (κ1) is 22.8. The largest absolute Gasteiger partial charge is 0.492 e. The van der Waals surface area contributed by atoms with Crippen molar-refractivity contribution in [2.24, 2.45) is 0 Å². The van der Waals surface area contributed by atoms with Crippen LogP contribution < -0.4 is 4.74 Å². The minimum atomic E-state index is -0.363. The summed E-state index contributed by atoms with van der Waals surface area (Å²) in [5.74, 6) is 0.723. The van der Waals surface area contributed by atoms with Crippen LogP contribution in [-0.2, 0) is 0 Å². The van der Waals surface area contributed by atoms with Crippen LogP contribution in [0.3, 0.4) is 0 Å².